The van der Waals surface area contributed by atoms with E-state index in [4.69, 9.17) is 18.9 Å². The quantitative estimate of drug-likeness (QED) is 0.578. The van der Waals surface area contributed by atoms with E-state index >= 15 is 0 Å². The molecule has 0 atom stereocenters. The zero-order chi connectivity index (χ0) is 21.8. The number of hydrogen-bond donors (Lipinski definition) is 1. The molecule has 1 N–H and O–H groups in total. The molecule has 168 valence electrons. The van der Waals surface area contributed by atoms with Gasteiger partial charge in [-0.1, -0.05) is 11.8 Å². The number of carbonyl (C=O) groups excluding carboxylic acids is 1. The second-order valence-corrected chi connectivity index (χ2v) is 8.18. The topological polar surface area (TPSA) is 100.0 Å². The number of anilines is 2. The lowest BCUT2D eigenvalue weighted by Gasteiger charge is -2.27. The standard InChI is InChI=1S/C20H27N5O5S/c1-27-15-10-13(11-16(28-2)18(15)29-3)21-17(26)12-31-20-23-22-19(25(20)14-4-5-14)24-6-8-30-9-7-24/h10-11,14H,4-9,12H2,1-3H3,(H,21,26). The third-order valence-corrected chi connectivity index (χ3v) is 6.08. The average molecular weight is 450 g/mol. The fourth-order valence-corrected chi connectivity index (χ4v) is 4.28. The lowest BCUT2D eigenvalue weighted by Crippen LogP contribution is -2.38. The van der Waals surface area contributed by atoms with E-state index in [0.717, 1.165) is 37.0 Å². The van der Waals surface area contributed by atoms with Crippen LogP contribution in [0.1, 0.15) is 18.9 Å². The Bertz CT molecular complexity index is 902. The number of morpholine rings is 1. The third-order valence-electron chi connectivity index (χ3n) is 5.13. The van der Waals surface area contributed by atoms with Crippen molar-refractivity contribution in [3.05, 3.63) is 12.1 Å². The van der Waals surface area contributed by atoms with E-state index < -0.39 is 0 Å². The predicted molar refractivity (Wildman–Crippen MR) is 117 cm³/mol. The van der Waals surface area contributed by atoms with Gasteiger partial charge in [0.05, 0.1) is 40.3 Å². The fourth-order valence-electron chi connectivity index (χ4n) is 3.48. The molecule has 1 saturated carbocycles. The third kappa shape index (κ3) is 4.82. The zero-order valence-electron chi connectivity index (χ0n) is 17.9. The number of hydrogen-bond acceptors (Lipinski definition) is 9. The van der Waals surface area contributed by atoms with Crippen molar-refractivity contribution in [2.75, 3.05) is 63.6 Å². The summed E-state index contributed by atoms with van der Waals surface area (Å²) in [7, 11) is 4.61. The Balaban J connectivity index is 1.43. The summed E-state index contributed by atoms with van der Waals surface area (Å²) in [5.74, 6) is 2.37. The van der Waals surface area contributed by atoms with E-state index in [2.05, 4.69) is 25.0 Å². The molecule has 11 heteroatoms. The summed E-state index contributed by atoms with van der Waals surface area (Å²) in [6, 6.07) is 3.81. The maximum absolute atomic E-state index is 12.6. The molecule has 2 aliphatic rings. The van der Waals surface area contributed by atoms with Crippen LogP contribution >= 0.6 is 11.8 Å². The van der Waals surface area contributed by atoms with Crippen LogP contribution < -0.4 is 24.4 Å². The van der Waals surface area contributed by atoms with Crippen molar-refractivity contribution >= 4 is 29.3 Å². The van der Waals surface area contributed by atoms with Gasteiger partial charge in [-0.05, 0) is 12.8 Å². The molecule has 0 radical (unpaired) electrons. The van der Waals surface area contributed by atoms with Crippen LogP contribution in [-0.4, -0.2) is 74.1 Å². The summed E-state index contributed by atoms with van der Waals surface area (Å²) in [5, 5.41) is 12.4. The van der Waals surface area contributed by atoms with Crippen LogP contribution in [0.25, 0.3) is 0 Å². The zero-order valence-corrected chi connectivity index (χ0v) is 18.7. The maximum atomic E-state index is 12.6. The number of benzene rings is 1. The van der Waals surface area contributed by atoms with Gasteiger partial charge in [0, 0.05) is 37.0 Å². The molecule has 2 fully saturated rings. The summed E-state index contributed by atoms with van der Waals surface area (Å²) in [4.78, 5) is 14.8. The molecule has 10 nitrogen and oxygen atoms in total. The van der Waals surface area contributed by atoms with Gasteiger partial charge in [0.15, 0.2) is 16.7 Å². The maximum Gasteiger partial charge on any atom is 0.234 e. The first kappa shape index (κ1) is 21.6. The first-order valence-electron chi connectivity index (χ1n) is 10.1. The Morgan fingerprint density at radius 1 is 1.13 bits per heavy atom. The van der Waals surface area contributed by atoms with Crippen molar-refractivity contribution in [3.63, 3.8) is 0 Å². The van der Waals surface area contributed by atoms with Gasteiger partial charge in [-0.15, -0.1) is 10.2 Å². The van der Waals surface area contributed by atoms with Gasteiger partial charge >= 0.3 is 0 Å². The average Bonchev–Trinajstić information content (AvgIpc) is 3.56. The number of amides is 1. The second-order valence-electron chi connectivity index (χ2n) is 7.23. The van der Waals surface area contributed by atoms with Crippen LogP contribution in [0.3, 0.4) is 0 Å². The molecule has 2 heterocycles. The molecule has 4 rings (SSSR count). The first-order valence-corrected chi connectivity index (χ1v) is 11.1. The van der Waals surface area contributed by atoms with Crippen LogP contribution in [0.4, 0.5) is 11.6 Å². The van der Waals surface area contributed by atoms with Crippen LogP contribution in [-0.2, 0) is 9.53 Å². The van der Waals surface area contributed by atoms with Crippen molar-refractivity contribution in [1.82, 2.24) is 14.8 Å². The molecule has 1 aliphatic heterocycles. The number of thioether (sulfide) groups is 1. The first-order chi connectivity index (χ1) is 15.1. The molecule has 1 saturated heterocycles. The SMILES string of the molecule is COc1cc(NC(=O)CSc2nnc(N3CCOCC3)n2C2CC2)cc(OC)c1OC. The van der Waals surface area contributed by atoms with Crippen molar-refractivity contribution in [1.29, 1.82) is 0 Å². The molecule has 0 spiro atoms. The number of nitrogens with one attached hydrogen (secondary N) is 1. The summed E-state index contributed by atoms with van der Waals surface area (Å²) >= 11 is 1.39. The molecule has 0 bridgehead atoms. The molecule has 1 aromatic heterocycles. The van der Waals surface area contributed by atoms with E-state index in [9.17, 15) is 4.79 Å². The van der Waals surface area contributed by atoms with E-state index in [1.165, 1.54) is 33.1 Å². The molecule has 31 heavy (non-hydrogen) atoms. The van der Waals surface area contributed by atoms with Crippen LogP contribution in [0.2, 0.25) is 0 Å². The number of carbonyl (C=O) groups is 1. The highest BCUT2D eigenvalue weighted by molar-refractivity contribution is 7.99. The van der Waals surface area contributed by atoms with E-state index in [1.807, 2.05) is 0 Å². The van der Waals surface area contributed by atoms with Crippen molar-refractivity contribution in [3.8, 4) is 17.2 Å². The number of methoxy groups -OCH3 is 3. The molecular formula is C20H27N5O5S. The van der Waals surface area contributed by atoms with Crippen LogP contribution in [0, 0.1) is 0 Å². The lowest BCUT2D eigenvalue weighted by atomic mass is 10.2. The minimum atomic E-state index is -0.155. The Morgan fingerprint density at radius 2 is 1.81 bits per heavy atom. The minimum Gasteiger partial charge on any atom is -0.493 e. The van der Waals surface area contributed by atoms with Gasteiger partial charge in [0.2, 0.25) is 17.6 Å². The molecular weight excluding hydrogens is 422 g/mol. The highest BCUT2D eigenvalue weighted by Gasteiger charge is 2.32. The van der Waals surface area contributed by atoms with Crippen LogP contribution in [0.15, 0.2) is 17.3 Å². The summed E-state index contributed by atoms with van der Waals surface area (Å²) in [5.41, 5.74) is 0.567. The van der Waals surface area contributed by atoms with Crippen molar-refractivity contribution in [2.45, 2.75) is 24.0 Å². The summed E-state index contributed by atoms with van der Waals surface area (Å²) < 4.78 is 23.6. The van der Waals surface area contributed by atoms with E-state index in [-0.39, 0.29) is 11.7 Å². The Labute approximate surface area is 185 Å². The van der Waals surface area contributed by atoms with Crippen molar-refractivity contribution < 1.29 is 23.7 Å². The lowest BCUT2D eigenvalue weighted by molar-refractivity contribution is -0.113. The number of rotatable bonds is 9. The normalized spacial score (nSPS) is 16.2. The van der Waals surface area contributed by atoms with E-state index in [1.54, 1.807) is 12.1 Å². The monoisotopic (exact) mass is 449 g/mol. The highest BCUT2D eigenvalue weighted by Crippen LogP contribution is 2.42. The van der Waals surface area contributed by atoms with E-state index in [0.29, 0.717) is 42.2 Å². The molecule has 1 aliphatic carbocycles. The molecule has 2 aromatic rings. The van der Waals surface area contributed by atoms with Gasteiger partial charge in [0.1, 0.15) is 0 Å². The van der Waals surface area contributed by atoms with Gasteiger partial charge in [-0.3, -0.25) is 9.36 Å². The van der Waals surface area contributed by atoms with Crippen LogP contribution in [0.5, 0.6) is 17.2 Å². The predicted octanol–water partition coefficient (Wildman–Crippen LogP) is 2.21. The second kappa shape index (κ2) is 9.65. The highest BCUT2D eigenvalue weighted by atomic mass is 32.2. The Morgan fingerprint density at radius 3 is 2.39 bits per heavy atom. The van der Waals surface area contributed by atoms with Gasteiger partial charge in [-0.2, -0.15) is 0 Å². The Hall–Kier alpha value is -2.66. The fraction of sp³-hybridized carbons (Fsp3) is 0.550. The smallest absolute Gasteiger partial charge is 0.234 e. The van der Waals surface area contributed by atoms with Gasteiger partial charge in [-0.25, -0.2) is 0 Å². The van der Waals surface area contributed by atoms with Gasteiger partial charge in [0.25, 0.3) is 0 Å². The minimum absolute atomic E-state index is 0.155. The molecule has 1 amide bonds. The number of ether oxygens (including phenoxy) is 4. The summed E-state index contributed by atoms with van der Waals surface area (Å²) in [6.45, 7) is 2.99. The Kier molecular flexibility index (Phi) is 6.71. The number of aromatic nitrogens is 3. The largest absolute Gasteiger partial charge is 0.493 e. The molecule has 0 unspecified atom stereocenters. The summed E-state index contributed by atoms with van der Waals surface area (Å²) in [6.07, 6.45) is 2.22. The number of nitrogens with zero attached hydrogens (tertiary/aromatic N) is 4. The van der Waals surface area contributed by atoms with Gasteiger partial charge < -0.3 is 29.2 Å². The van der Waals surface area contributed by atoms with Crippen molar-refractivity contribution in [2.24, 2.45) is 0 Å². The molecule has 1 aromatic carbocycles.